The van der Waals surface area contributed by atoms with Crippen LogP contribution in [0.15, 0.2) is 18.2 Å². The molecule has 0 bridgehead atoms. The lowest BCUT2D eigenvalue weighted by molar-refractivity contribution is 0.0342. The molecule has 0 saturated carbocycles. The molecule has 0 aromatic heterocycles. The van der Waals surface area contributed by atoms with Crippen molar-refractivity contribution in [1.82, 2.24) is 4.90 Å². The van der Waals surface area contributed by atoms with Gasteiger partial charge in [-0.3, -0.25) is 4.90 Å². The van der Waals surface area contributed by atoms with Crippen LogP contribution in [0.4, 0.5) is 0 Å². The lowest BCUT2D eigenvalue weighted by atomic mass is 10.1. The van der Waals surface area contributed by atoms with Crippen LogP contribution in [0, 0.1) is 18.4 Å². The highest BCUT2D eigenvalue weighted by molar-refractivity contribution is 6.83. The standard InChI is InChI=1S/C17H25NOSi/c1-15-13-16(14-18-8-10-19-11-9-18)5-6-17(15)7-12-20(2,3)4/h5-6,13H,8-11,14H2,1-4H3. The van der Waals surface area contributed by atoms with Crippen LogP contribution in [0.2, 0.25) is 19.6 Å². The highest BCUT2D eigenvalue weighted by Crippen LogP contribution is 2.13. The van der Waals surface area contributed by atoms with E-state index in [1.807, 2.05) is 0 Å². The molecular weight excluding hydrogens is 262 g/mol. The fraction of sp³-hybridized carbons (Fsp3) is 0.529. The van der Waals surface area contributed by atoms with Crippen molar-refractivity contribution in [2.24, 2.45) is 0 Å². The molecule has 1 aromatic rings. The average molecular weight is 287 g/mol. The van der Waals surface area contributed by atoms with Crippen molar-refractivity contribution in [1.29, 1.82) is 0 Å². The van der Waals surface area contributed by atoms with E-state index in [0.717, 1.165) is 32.8 Å². The number of hydrogen-bond donors (Lipinski definition) is 0. The molecule has 0 radical (unpaired) electrons. The van der Waals surface area contributed by atoms with E-state index in [-0.39, 0.29) is 0 Å². The Kier molecular flexibility index (Phi) is 5.04. The van der Waals surface area contributed by atoms with E-state index in [2.05, 4.69) is 61.1 Å². The first-order valence-corrected chi connectivity index (χ1v) is 10.9. The van der Waals surface area contributed by atoms with Crippen LogP contribution in [0.25, 0.3) is 0 Å². The van der Waals surface area contributed by atoms with Crippen molar-refractivity contribution in [3.8, 4) is 11.5 Å². The Morgan fingerprint density at radius 1 is 1.20 bits per heavy atom. The first kappa shape index (κ1) is 15.3. The molecule has 1 aliphatic rings. The topological polar surface area (TPSA) is 12.5 Å². The zero-order valence-electron chi connectivity index (χ0n) is 13.1. The summed E-state index contributed by atoms with van der Waals surface area (Å²) in [5, 5.41) is 0. The smallest absolute Gasteiger partial charge is 0.129 e. The quantitative estimate of drug-likeness (QED) is 0.612. The van der Waals surface area contributed by atoms with Gasteiger partial charge in [0.05, 0.1) is 13.2 Å². The van der Waals surface area contributed by atoms with Gasteiger partial charge in [-0.1, -0.05) is 37.7 Å². The normalized spacial score (nSPS) is 16.6. The third-order valence-electron chi connectivity index (χ3n) is 3.37. The maximum absolute atomic E-state index is 5.39. The largest absolute Gasteiger partial charge is 0.379 e. The van der Waals surface area contributed by atoms with Gasteiger partial charge in [-0.25, -0.2) is 0 Å². The molecule has 1 heterocycles. The summed E-state index contributed by atoms with van der Waals surface area (Å²) in [6, 6.07) is 6.68. The molecule has 0 spiro atoms. The number of rotatable bonds is 2. The highest BCUT2D eigenvalue weighted by atomic mass is 28.3. The fourth-order valence-electron chi connectivity index (χ4n) is 2.24. The molecule has 1 aliphatic heterocycles. The molecule has 2 nitrogen and oxygen atoms in total. The molecule has 2 rings (SSSR count). The van der Waals surface area contributed by atoms with Crippen LogP contribution in [-0.4, -0.2) is 39.3 Å². The summed E-state index contributed by atoms with van der Waals surface area (Å²) in [7, 11) is -1.29. The summed E-state index contributed by atoms with van der Waals surface area (Å²) in [4.78, 5) is 2.45. The summed E-state index contributed by atoms with van der Waals surface area (Å²) in [5.41, 5.74) is 7.29. The van der Waals surface area contributed by atoms with Crippen molar-refractivity contribution in [3.63, 3.8) is 0 Å². The van der Waals surface area contributed by atoms with Crippen molar-refractivity contribution in [2.75, 3.05) is 26.3 Å². The molecule has 0 N–H and O–H groups in total. The predicted molar refractivity (Wildman–Crippen MR) is 87.5 cm³/mol. The first-order chi connectivity index (χ1) is 9.44. The molecule has 3 heteroatoms. The molecule has 1 saturated heterocycles. The zero-order valence-corrected chi connectivity index (χ0v) is 14.1. The predicted octanol–water partition coefficient (Wildman–Crippen LogP) is 3.06. The maximum atomic E-state index is 5.39. The third-order valence-corrected chi connectivity index (χ3v) is 4.25. The Morgan fingerprint density at radius 2 is 1.90 bits per heavy atom. The maximum Gasteiger partial charge on any atom is 0.129 e. The van der Waals surface area contributed by atoms with Crippen LogP contribution >= 0.6 is 0 Å². The van der Waals surface area contributed by atoms with E-state index in [4.69, 9.17) is 4.74 Å². The molecular formula is C17H25NOSi. The number of aryl methyl sites for hydroxylation is 1. The van der Waals surface area contributed by atoms with Gasteiger partial charge in [0.15, 0.2) is 0 Å². The molecule has 0 amide bonds. The van der Waals surface area contributed by atoms with Crippen LogP contribution in [0.3, 0.4) is 0 Å². The second-order valence-electron chi connectivity index (χ2n) is 6.54. The van der Waals surface area contributed by atoms with Crippen LogP contribution in [-0.2, 0) is 11.3 Å². The van der Waals surface area contributed by atoms with Crippen molar-refractivity contribution in [2.45, 2.75) is 33.1 Å². The van der Waals surface area contributed by atoms with Gasteiger partial charge in [-0.15, -0.1) is 5.54 Å². The van der Waals surface area contributed by atoms with Gasteiger partial charge in [0.2, 0.25) is 0 Å². The molecule has 0 aliphatic carbocycles. The summed E-state index contributed by atoms with van der Waals surface area (Å²) >= 11 is 0. The second kappa shape index (κ2) is 6.58. The van der Waals surface area contributed by atoms with Crippen molar-refractivity contribution < 1.29 is 4.74 Å². The molecule has 1 fully saturated rings. The minimum Gasteiger partial charge on any atom is -0.379 e. The van der Waals surface area contributed by atoms with Crippen molar-refractivity contribution >= 4 is 8.07 Å². The highest BCUT2D eigenvalue weighted by Gasteiger charge is 2.11. The summed E-state index contributed by atoms with van der Waals surface area (Å²) < 4.78 is 5.39. The summed E-state index contributed by atoms with van der Waals surface area (Å²) in [6.45, 7) is 13.8. The van der Waals surface area contributed by atoms with Crippen LogP contribution < -0.4 is 0 Å². The molecule has 20 heavy (non-hydrogen) atoms. The second-order valence-corrected chi connectivity index (χ2v) is 11.3. The van der Waals surface area contributed by atoms with Crippen molar-refractivity contribution in [3.05, 3.63) is 34.9 Å². The minimum absolute atomic E-state index is 0.860. The molecule has 0 unspecified atom stereocenters. The van der Waals surface area contributed by atoms with E-state index in [0.29, 0.717) is 0 Å². The first-order valence-electron chi connectivity index (χ1n) is 7.37. The van der Waals surface area contributed by atoms with Gasteiger partial charge in [-0.05, 0) is 24.1 Å². The van der Waals surface area contributed by atoms with Gasteiger partial charge in [0, 0.05) is 25.2 Å². The van der Waals surface area contributed by atoms with E-state index >= 15 is 0 Å². The SMILES string of the molecule is Cc1cc(CN2CCOCC2)ccc1C#C[Si](C)(C)C. The Balaban J connectivity index is 2.06. The van der Waals surface area contributed by atoms with E-state index < -0.39 is 8.07 Å². The molecule has 0 atom stereocenters. The number of benzene rings is 1. The number of hydrogen-bond acceptors (Lipinski definition) is 2. The lowest BCUT2D eigenvalue weighted by Gasteiger charge is -2.26. The van der Waals surface area contributed by atoms with E-state index in [1.165, 1.54) is 16.7 Å². The lowest BCUT2D eigenvalue weighted by Crippen LogP contribution is -2.35. The Labute approximate surface area is 124 Å². The Bertz CT molecular complexity index is 516. The minimum atomic E-state index is -1.29. The van der Waals surface area contributed by atoms with Crippen LogP contribution in [0.5, 0.6) is 0 Å². The molecule has 108 valence electrons. The zero-order chi connectivity index (χ0) is 14.6. The van der Waals surface area contributed by atoms with Gasteiger partial charge >= 0.3 is 0 Å². The molecule has 1 aromatic carbocycles. The number of nitrogens with zero attached hydrogens (tertiary/aromatic N) is 1. The average Bonchev–Trinajstić information content (AvgIpc) is 2.38. The van der Waals surface area contributed by atoms with E-state index in [9.17, 15) is 0 Å². The number of ether oxygens (including phenoxy) is 1. The van der Waals surface area contributed by atoms with Crippen LogP contribution in [0.1, 0.15) is 16.7 Å². The number of morpholine rings is 1. The Hall–Kier alpha value is -1.08. The summed E-state index contributed by atoms with van der Waals surface area (Å²) in [6.07, 6.45) is 0. The Morgan fingerprint density at radius 3 is 2.50 bits per heavy atom. The van der Waals surface area contributed by atoms with E-state index in [1.54, 1.807) is 0 Å². The summed E-state index contributed by atoms with van der Waals surface area (Å²) in [5.74, 6) is 3.36. The van der Waals surface area contributed by atoms with Gasteiger partial charge < -0.3 is 4.74 Å². The monoisotopic (exact) mass is 287 g/mol. The third kappa shape index (κ3) is 4.79. The van der Waals surface area contributed by atoms with Gasteiger partial charge in [0.1, 0.15) is 8.07 Å². The fourth-order valence-corrected chi connectivity index (χ4v) is 2.75. The van der Waals surface area contributed by atoms with Gasteiger partial charge in [-0.2, -0.15) is 0 Å². The van der Waals surface area contributed by atoms with Gasteiger partial charge in [0.25, 0.3) is 0 Å².